The Bertz CT molecular complexity index is 1270. The largest absolute Gasteiger partial charge is 0.450 e. The second-order valence-electron chi connectivity index (χ2n) is 8.96. The summed E-state index contributed by atoms with van der Waals surface area (Å²) in [6.07, 6.45) is 4.72. The zero-order valence-electron chi connectivity index (χ0n) is 20.2. The Balaban J connectivity index is 1.63. The molecule has 3 heterocycles. The van der Waals surface area contributed by atoms with Crippen molar-refractivity contribution in [3.63, 3.8) is 0 Å². The fraction of sp³-hybridized carbons (Fsp3) is 0.542. The average Bonchev–Trinajstić information content (AvgIpc) is 3.16. The number of hydrogen-bond acceptors (Lipinski definition) is 6. The van der Waals surface area contributed by atoms with Crippen LogP contribution in [-0.2, 0) is 21.8 Å². The predicted octanol–water partition coefficient (Wildman–Crippen LogP) is 2.02. The number of carbonyl (C=O) groups excluding carboxylic acids is 2. The van der Waals surface area contributed by atoms with Gasteiger partial charge in [0.25, 0.3) is 5.91 Å². The lowest BCUT2D eigenvalue weighted by Crippen LogP contribution is -2.51. The fourth-order valence-corrected chi connectivity index (χ4v) is 6.24. The third-order valence-corrected chi connectivity index (χ3v) is 8.58. The van der Waals surface area contributed by atoms with Gasteiger partial charge in [-0.2, -0.15) is 4.31 Å². The number of benzene rings is 1. The maximum Gasteiger partial charge on any atom is 0.409 e. The number of hydrogen-bond donors (Lipinski definition) is 0. The average molecular weight is 505 g/mol. The molecule has 0 bridgehead atoms. The summed E-state index contributed by atoms with van der Waals surface area (Å²) < 4.78 is 34.7. The Morgan fingerprint density at radius 2 is 1.57 bits per heavy atom. The van der Waals surface area contributed by atoms with Crippen LogP contribution in [0, 0.1) is 0 Å². The molecule has 0 atom stereocenters. The summed E-state index contributed by atoms with van der Waals surface area (Å²) in [7, 11) is -2.02. The van der Waals surface area contributed by atoms with Crippen molar-refractivity contribution < 1.29 is 22.7 Å². The minimum absolute atomic E-state index is 0.0195. The molecule has 0 saturated carbocycles. The molecule has 1 aromatic carbocycles. The molecule has 190 valence electrons. The smallest absolute Gasteiger partial charge is 0.409 e. The minimum atomic E-state index is -3.74. The monoisotopic (exact) mass is 504 g/mol. The topological polar surface area (TPSA) is 109 Å². The molecular formula is C24H32N4O6S. The molecule has 2 aromatic rings. The highest BCUT2D eigenvalue weighted by Gasteiger charge is 2.29. The van der Waals surface area contributed by atoms with Gasteiger partial charge in [-0.15, -0.1) is 0 Å². The number of aromatic nitrogens is 1. The first kappa shape index (κ1) is 25.2. The van der Waals surface area contributed by atoms with E-state index >= 15 is 0 Å². The molecule has 35 heavy (non-hydrogen) atoms. The first-order chi connectivity index (χ1) is 16.7. The number of sulfonamides is 1. The van der Waals surface area contributed by atoms with Gasteiger partial charge in [-0.25, -0.2) is 13.2 Å². The van der Waals surface area contributed by atoms with Crippen molar-refractivity contribution in [3.8, 4) is 0 Å². The summed E-state index contributed by atoms with van der Waals surface area (Å²) in [5, 5.41) is 0.194. The van der Waals surface area contributed by atoms with Gasteiger partial charge >= 0.3 is 6.09 Å². The van der Waals surface area contributed by atoms with Crippen LogP contribution in [0.25, 0.3) is 10.9 Å². The van der Waals surface area contributed by atoms with Gasteiger partial charge < -0.3 is 19.1 Å². The molecule has 10 nitrogen and oxygen atoms in total. The van der Waals surface area contributed by atoms with E-state index in [-0.39, 0.29) is 35.5 Å². The van der Waals surface area contributed by atoms with Crippen molar-refractivity contribution in [3.05, 3.63) is 40.2 Å². The second-order valence-corrected chi connectivity index (χ2v) is 10.9. The number of carbonyl (C=O) groups is 2. The number of nitrogens with zero attached hydrogens (tertiary/aromatic N) is 4. The van der Waals surface area contributed by atoms with Crippen molar-refractivity contribution in [2.45, 2.75) is 37.5 Å². The summed E-state index contributed by atoms with van der Waals surface area (Å²) in [6, 6.07) is 4.54. The number of piperazine rings is 1. The van der Waals surface area contributed by atoms with E-state index in [2.05, 4.69) is 0 Å². The van der Waals surface area contributed by atoms with Gasteiger partial charge in [0.1, 0.15) is 5.56 Å². The van der Waals surface area contributed by atoms with Crippen molar-refractivity contribution in [2.75, 3.05) is 45.9 Å². The molecule has 0 aliphatic carbocycles. The predicted molar refractivity (Wildman–Crippen MR) is 131 cm³/mol. The Kier molecular flexibility index (Phi) is 7.46. The lowest BCUT2D eigenvalue weighted by Gasteiger charge is -2.34. The molecule has 1 aromatic heterocycles. The van der Waals surface area contributed by atoms with E-state index in [0.29, 0.717) is 31.7 Å². The van der Waals surface area contributed by atoms with E-state index < -0.39 is 27.5 Å². The summed E-state index contributed by atoms with van der Waals surface area (Å²) in [4.78, 5) is 41.7. The van der Waals surface area contributed by atoms with Crippen LogP contribution in [-0.4, -0.2) is 85.0 Å². The van der Waals surface area contributed by atoms with Gasteiger partial charge in [-0.3, -0.25) is 9.59 Å². The third-order valence-electron chi connectivity index (χ3n) is 6.69. The quantitative estimate of drug-likeness (QED) is 0.630. The molecule has 0 N–H and O–H groups in total. The Morgan fingerprint density at radius 1 is 0.943 bits per heavy atom. The van der Waals surface area contributed by atoms with E-state index in [4.69, 9.17) is 4.74 Å². The van der Waals surface area contributed by atoms with E-state index in [0.717, 1.165) is 25.7 Å². The number of pyridine rings is 1. The standard InChI is InChI=1S/C24H32N4O6S/c1-3-34-24(31)27-14-12-26(13-15-27)23(30)20-17-25(2)21-9-8-18(16-19(21)22(20)29)35(32,33)28-10-6-4-5-7-11-28/h8-9,16-17H,3-7,10-15H2,1-2H3. The number of fused-ring (bicyclic) bond motifs is 1. The van der Waals surface area contributed by atoms with Crippen molar-refractivity contribution in [1.29, 1.82) is 0 Å². The summed E-state index contributed by atoms with van der Waals surface area (Å²) in [6.45, 7) is 4.14. The van der Waals surface area contributed by atoms with Crippen LogP contribution < -0.4 is 5.43 Å². The lowest BCUT2D eigenvalue weighted by atomic mass is 10.1. The first-order valence-electron chi connectivity index (χ1n) is 12.1. The van der Waals surface area contributed by atoms with Gasteiger partial charge in [0.05, 0.1) is 17.0 Å². The Labute approximate surface area is 205 Å². The van der Waals surface area contributed by atoms with Gasteiger partial charge in [0, 0.05) is 57.9 Å². The molecule has 4 rings (SSSR count). The molecule has 2 amide bonds. The van der Waals surface area contributed by atoms with E-state index in [1.165, 1.54) is 32.4 Å². The van der Waals surface area contributed by atoms with Crippen LogP contribution in [0.2, 0.25) is 0 Å². The van der Waals surface area contributed by atoms with E-state index in [1.807, 2.05) is 0 Å². The second kappa shape index (κ2) is 10.4. The normalized spacial score (nSPS) is 17.9. The van der Waals surface area contributed by atoms with Crippen molar-refractivity contribution >= 4 is 32.9 Å². The SMILES string of the molecule is CCOC(=O)N1CCN(C(=O)c2cn(C)c3ccc(S(=O)(=O)N4CCCCCC4)cc3c2=O)CC1. The summed E-state index contributed by atoms with van der Waals surface area (Å²) >= 11 is 0. The van der Waals surface area contributed by atoms with Gasteiger partial charge in [0.15, 0.2) is 0 Å². The van der Waals surface area contributed by atoms with Gasteiger partial charge in [0.2, 0.25) is 15.5 Å². The van der Waals surface area contributed by atoms with Crippen LogP contribution in [0.5, 0.6) is 0 Å². The van der Waals surface area contributed by atoms with E-state index in [1.54, 1.807) is 24.6 Å². The molecule has 0 unspecified atom stereocenters. The van der Waals surface area contributed by atoms with Crippen molar-refractivity contribution in [2.24, 2.45) is 7.05 Å². The van der Waals surface area contributed by atoms with E-state index in [9.17, 15) is 22.8 Å². The highest BCUT2D eigenvalue weighted by molar-refractivity contribution is 7.89. The van der Waals surface area contributed by atoms with Crippen LogP contribution in [0.1, 0.15) is 43.0 Å². The zero-order valence-corrected chi connectivity index (χ0v) is 21.1. The number of amides is 2. The first-order valence-corrected chi connectivity index (χ1v) is 13.5. The maximum absolute atomic E-state index is 13.4. The number of ether oxygens (including phenoxy) is 1. The maximum atomic E-state index is 13.4. The molecule has 11 heteroatoms. The van der Waals surface area contributed by atoms with Crippen LogP contribution in [0.15, 0.2) is 34.1 Å². The Morgan fingerprint density at radius 3 is 2.20 bits per heavy atom. The van der Waals surface area contributed by atoms with Crippen LogP contribution in [0.3, 0.4) is 0 Å². The van der Waals surface area contributed by atoms with Gasteiger partial charge in [-0.05, 0) is 38.0 Å². The van der Waals surface area contributed by atoms with Crippen LogP contribution >= 0.6 is 0 Å². The molecule has 2 fully saturated rings. The molecule has 0 spiro atoms. The summed E-state index contributed by atoms with van der Waals surface area (Å²) in [5.41, 5.74) is 0.0336. The third kappa shape index (κ3) is 5.06. The number of rotatable bonds is 4. The highest BCUT2D eigenvalue weighted by Crippen LogP contribution is 2.23. The molecule has 2 aliphatic rings. The van der Waals surface area contributed by atoms with Gasteiger partial charge in [-0.1, -0.05) is 12.8 Å². The fourth-order valence-electron chi connectivity index (χ4n) is 4.69. The highest BCUT2D eigenvalue weighted by atomic mass is 32.2. The van der Waals surface area contributed by atoms with Crippen LogP contribution in [0.4, 0.5) is 4.79 Å². The molecular weight excluding hydrogens is 472 g/mol. The Hall–Kier alpha value is -2.92. The molecule has 2 saturated heterocycles. The summed E-state index contributed by atoms with van der Waals surface area (Å²) in [5.74, 6) is -0.434. The minimum Gasteiger partial charge on any atom is -0.450 e. The lowest BCUT2D eigenvalue weighted by molar-refractivity contribution is 0.0569. The van der Waals surface area contributed by atoms with Crippen molar-refractivity contribution in [1.82, 2.24) is 18.7 Å². The molecule has 2 aliphatic heterocycles. The zero-order chi connectivity index (χ0) is 25.2. The number of aryl methyl sites for hydroxylation is 1. The molecule has 0 radical (unpaired) electrons.